The summed E-state index contributed by atoms with van der Waals surface area (Å²) in [6.45, 7) is 8.16. The highest BCUT2D eigenvalue weighted by molar-refractivity contribution is 8.00. The van der Waals surface area contributed by atoms with Crippen LogP contribution in [0.3, 0.4) is 0 Å². The monoisotopic (exact) mass is 259 g/mol. The highest BCUT2D eigenvalue weighted by atomic mass is 32.2. The van der Waals surface area contributed by atoms with Crippen molar-refractivity contribution in [1.82, 2.24) is 4.90 Å². The molecule has 0 unspecified atom stereocenters. The van der Waals surface area contributed by atoms with Gasteiger partial charge in [-0.2, -0.15) is 0 Å². The van der Waals surface area contributed by atoms with Crippen molar-refractivity contribution in [3.63, 3.8) is 0 Å². The number of ether oxygens (including phenoxy) is 1. The number of nitrogens with zero attached hydrogens (tertiary/aromatic N) is 1. The summed E-state index contributed by atoms with van der Waals surface area (Å²) >= 11 is 1.53. The molecule has 1 rings (SSSR count). The summed E-state index contributed by atoms with van der Waals surface area (Å²) in [4.78, 5) is 25.2. The van der Waals surface area contributed by atoms with E-state index in [1.165, 1.54) is 11.8 Å². The van der Waals surface area contributed by atoms with E-state index in [4.69, 9.17) is 4.74 Å². The molecule has 0 aromatic carbocycles. The molecule has 0 aromatic heterocycles. The van der Waals surface area contributed by atoms with E-state index in [0.717, 1.165) is 0 Å². The molecule has 1 aliphatic rings. The molecule has 1 heterocycles. The van der Waals surface area contributed by atoms with Crippen molar-refractivity contribution in [3.8, 4) is 0 Å². The first-order valence-electron chi connectivity index (χ1n) is 5.74. The molecular weight excluding hydrogens is 238 g/mol. The Morgan fingerprint density at radius 2 is 1.94 bits per heavy atom. The van der Waals surface area contributed by atoms with Crippen molar-refractivity contribution in [1.29, 1.82) is 0 Å². The number of rotatable bonds is 2. The Balaban J connectivity index is 2.67. The molecule has 0 saturated carbocycles. The lowest BCUT2D eigenvalue weighted by molar-refractivity contribution is -0.118. The van der Waals surface area contributed by atoms with Gasteiger partial charge in [0.05, 0.1) is 4.75 Å². The summed E-state index contributed by atoms with van der Waals surface area (Å²) in [5.74, 6) is 0.135. The quantitative estimate of drug-likeness (QED) is 0.763. The number of ketones is 1. The Morgan fingerprint density at radius 1 is 1.35 bits per heavy atom. The lowest BCUT2D eigenvalue weighted by atomic mass is 10.0. The lowest BCUT2D eigenvalue weighted by Gasteiger charge is -2.26. The smallest absolute Gasteiger partial charge is 0.410 e. The number of Topliss-reactive ketones (excluding diaryl/α,β-unsaturated/α-hetero) is 1. The highest BCUT2D eigenvalue weighted by Gasteiger charge is 2.44. The second-order valence-corrected chi connectivity index (χ2v) is 6.60. The van der Waals surface area contributed by atoms with Gasteiger partial charge in [0, 0.05) is 13.1 Å². The van der Waals surface area contributed by atoms with E-state index in [0.29, 0.717) is 19.5 Å². The third-order valence-corrected chi connectivity index (χ3v) is 4.32. The van der Waals surface area contributed by atoms with Crippen molar-refractivity contribution < 1.29 is 14.3 Å². The van der Waals surface area contributed by atoms with Crippen molar-refractivity contribution >= 4 is 23.6 Å². The fraction of sp³-hybridized carbons (Fsp3) is 0.833. The zero-order valence-corrected chi connectivity index (χ0v) is 12.0. The molecule has 1 saturated heterocycles. The van der Waals surface area contributed by atoms with Crippen LogP contribution in [-0.4, -0.2) is 46.5 Å². The average Bonchev–Trinajstić information content (AvgIpc) is 2.60. The summed E-state index contributed by atoms with van der Waals surface area (Å²) in [5.41, 5.74) is -0.488. The van der Waals surface area contributed by atoms with Crippen LogP contribution in [0.4, 0.5) is 4.79 Å². The molecule has 98 valence electrons. The van der Waals surface area contributed by atoms with Gasteiger partial charge < -0.3 is 9.64 Å². The van der Waals surface area contributed by atoms with Crippen LogP contribution in [0.2, 0.25) is 0 Å². The lowest BCUT2D eigenvalue weighted by Crippen LogP contribution is -2.40. The Hall–Kier alpha value is -0.710. The topological polar surface area (TPSA) is 46.6 Å². The minimum Gasteiger partial charge on any atom is -0.444 e. The van der Waals surface area contributed by atoms with Gasteiger partial charge in [0.25, 0.3) is 0 Å². The van der Waals surface area contributed by atoms with Crippen molar-refractivity contribution in [2.24, 2.45) is 0 Å². The van der Waals surface area contributed by atoms with Crippen LogP contribution in [0.25, 0.3) is 0 Å². The second-order valence-electron chi connectivity index (χ2n) is 5.41. The van der Waals surface area contributed by atoms with Crippen molar-refractivity contribution in [2.45, 2.75) is 44.5 Å². The van der Waals surface area contributed by atoms with Crippen LogP contribution in [0.5, 0.6) is 0 Å². The number of thioether (sulfide) groups is 1. The number of amides is 1. The predicted molar refractivity (Wildman–Crippen MR) is 69.4 cm³/mol. The highest BCUT2D eigenvalue weighted by Crippen LogP contribution is 2.35. The predicted octanol–water partition coefficient (Wildman–Crippen LogP) is 2.32. The first-order valence-corrected chi connectivity index (χ1v) is 6.97. The van der Waals surface area contributed by atoms with Gasteiger partial charge in [-0.3, -0.25) is 4.79 Å². The Morgan fingerprint density at radius 3 is 2.29 bits per heavy atom. The largest absolute Gasteiger partial charge is 0.444 e. The zero-order valence-electron chi connectivity index (χ0n) is 11.2. The van der Waals surface area contributed by atoms with Crippen molar-refractivity contribution in [3.05, 3.63) is 0 Å². The molecule has 5 heteroatoms. The number of likely N-dealkylation sites (tertiary alicyclic amines) is 1. The molecule has 0 aliphatic carbocycles. The van der Waals surface area contributed by atoms with Gasteiger partial charge in [-0.1, -0.05) is 0 Å². The third kappa shape index (κ3) is 3.37. The molecule has 0 spiro atoms. The number of carbonyl (C=O) groups excluding carboxylic acids is 2. The van der Waals surface area contributed by atoms with Gasteiger partial charge in [0.1, 0.15) is 11.4 Å². The maximum absolute atomic E-state index is 11.9. The van der Waals surface area contributed by atoms with Crippen LogP contribution in [-0.2, 0) is 9.53 Å². The van der Waals surface area contributed by atoms with E-state index < -0.39 is 10.3 Å². The van der Waals surface area contributed by atoms with E-state index in [1.807, 2.05) is 27.0 Å². The normalized spacial score (nSPS) is 24.9. The van der Waals surface area contributed by atoms with E-state index in [1.54, 1.807) is 11.8 Å². The van der Waals surface area contributed by atoms with Crippen LogP contribution in [0.15, 0.2) is 0 Å². The Kier molecular flexibility index (Phi) is 4.12. The van der Waals surface area contributed by atoms with Gasteiger partial charge in [-0.25, -0.2) is 4.79 Å². The summed E-state index contributed by atoms with van der Waals surface area (Å²) in [6, 6.07) is 0. The fourth-order valence-corrected chi connectivity index (χ4v) is 2.73. The minimum atomic E-state index is -0.488. The van der Waals surface area contributed by atoms with Gasteiger partial charge >= 0.3 is 6.09 Å². The van der Waals surface area contributed by atoms with Gasteiger partial charge in [-0.15, -0.1) is 11.8 Å². The standard InChI is InChI=1S/C12H21NO3S/c1-9(14)12(17-5)6-7-13(8-12)10(15)16-11(2,3)4/h6-8H2,1-5H3/t12-/m0/s1. The molecule has 0 bridgehead atoms. The summed E-state index contributed by atoms with van der Waals surface area (Å²) < 4.78 is 4.87. The SMILES string of the molecule is CS[C@@]1(C(C)=O)CCN(C(=O)OC(C)(C)C)C1. The first kappa shape index (κ1) is 14.4. The van der Waals surface area contributed by atoms with Gasteiger partial charge in [0.2, 0.25) is 0 Å². The maximum atomic E-state index is 11.9. The molecule has 17 heavy (non-hydrogen) atoms. The molecule has 4 nitrogen and oxygen atoms in total. The number of hydrogen-bond donors (Lipinski definition) is 0. The second kappa shape index (κ2) is 4.88. The van der Waals surface area contributed by atoms with E-state index in [-0.39, 0.29) is 11.9 Å². The van der Waals surface area contributed by atoms with E-state index in [9.17, 15) is 9.59 Å². The Labute approximate surface area is 107 Å². The van der Waals surface area contributed by atoms with Crippen LogP contribution in [0, 0.1) is 0 Å². The van der Waals surface area contributed by atoms with Crippen LogP contribution < -0.4 is 0 Å². The van der Waals surface area contributed by atoms with E-state index in [2.05, 4.69) is 0 Å². The summed E-state index contributed by atoms with van der Waals surface area (Å²) in [5, 5.41) is 0. The molecule has 1 fully saturated rings. The summed E-state index contributed by atoms with van der Waals surface area (Å²) in [6.07, 6.45) is 2.30. The molecule has 1 atom stereocenters. The Bertz CT molecular complexity index is 324. The molecule has 1 aliphatic heterocycles. The number of carbonyl (C=O) groups is 2. The molecular formula is C12H21NO3S. The maximum Gasteiger partial charge on any atom is 0.410 e. The first-order chi connectivity index (χ1) is 7.70. The third-order valence-electron chi connectivity index (χ3n) is 2.92. The molecule has 0 aromatic rings. The van der Waals surface area contributed by atoms with Gasteiger partial charge in [-0.05, 0) is 40.4 Å². The fourth-order valence-electron chi connectivity index (χ4n) is 1.86. The summed E-state index contributed by atoms with van der Waals surface area (Å²) in [7, 11) is 0. The van der Waals surface area contributed by atoms with Crippen LogP contribution >= 0.6 is 11.8 Å². The molecule has 0 radical (unpaired) electrons. The zero-order chi connectivity index (χ0) is 13.3. The average molecular weight is 259 g/mol. The van der Waals surface area contributed by atoms with Crippen LogP contribution in [0.1, 0.15) is 34.1 Å². The van der Waals surface area contributed by atoms with E-state index >= 15 is 0 Å². The number of hydrogen-bond acceptors (Lipinski definition) is 4. The van der Waals surface area contributed by atoms with Gasteiger partial charge in [0.15, 0.2) is 0 Å². The minimum absolute atomic E-state index is 0.135. The molecule has 0 N–H and O–H groups in total. The molecule has 1 amide bonds. The van der Waals surface area contributed by atoms with Crippen molar-refractivity contribution in [2.75, 3.05) is 19.3 Å².